The second-order valence-corrected chi connectivity index (χ2v) is 8.50. The van der Waals surface area contributed by atoms with Crippen LogP contribution in [0.2, 0.25) is 0 Å². The maximum absolute atomic E-state index is 12.6. The van der Waals surface area contributed by atoms with Crippen molar-refractivity contribution in [2.24, 2.45) is 0 Å². The van der Waals surface area contributed by atoms with E-state index in [0.29, 0.717) is 11.6 Å². The molecule has 0 atom stereocenters. The molecule has 2 aromatic heterocycles. The molecule has 3 rings (SSSR count). The number of nitrogens with one attached hydrogen (secondary N) is 2. The monoisotopic (exact) mass is 453 g/mol. The van der Waals surface area contributed by atoms with Crippen LogP contribution in [0.3, 0.4) is 0 Å². The zero-order valence-electron chi connectivity index (χ0n) is 16.2. The van der Waals surface area contributed by atoms with E-state index in [-0.39, 0.29) is 27.9 Å². The number of anilines is 4. The van der Waals surface area contributed by atoms with Gasteiger partial charge in [0, 0.05) is 12.3 Å². The van der Waals surface area contributed by atoms with Gasteiger partial charge in [0.2, 0.25) is 0 Å². The van der Waals surface area contributed by atoms with Crippen molar-refractivity contribution < 1.29 is 26.3 Å². The van der Waals surface area contributed by atoms with Crippen LogP contribution in [0.1, 0.15) is 6.92 Å². The Morgan fingerprint density at radius 1 is 0.968 bits per heavy atom. The summed E-state index contributed by atoms with van der Waals surface area (Å²) in [7, 11) is -3.59. The molecule has 31 heavy (non-hydrogen) atoms. The Hall–Kier alpha value is -3.41. The normalized spacial score (nSPS) is 11.7. The zero-order valence-corrected chi connectivity index (χ0v) is 17.0. The largest absolute Gasteiger partial charge is 0.482 e. The molecule has 8 nitrogen and oxygen atoms in total. The van der Waals surface area contributed by atoms with Crippen molar-refractivity contribution in [3.05, 3.63) is 55.0 Å². The lowest BCUT2D eigenvalue weighted by Crippen LogP contribution is -2.19. The van der Waals surface area contributed by atoms with Crippen LogP contribution in [0, 0.1) is 0 Å². The molecule has 3 aromatic rings. The van der Waals surface area contributed by atoms with Gasteiger partial charge in [-0.05, 0) is 30.3 Å². The Kier molecular flexibility index (Phi) is 6.59. The molecule has 0 spiro atoms. The fraction of sp³-hybridized carbons (Fsp3) is 0.211. The summed E-state index contributed by atoms with van der Waals surface area (Å²) >= 11 is 0. The van der Waals surface area contributed by atoms with E-state index in [1.54, 1.807) is 24.4 Å². The molecule has 1 aromatic carbocycles. The second kappa shape index (κ2) is 9.16. The lowest BCUT2D eigenvalue weighted by molar-refractivity contribution is -0.153. The van der Waals surface area contributed by atoms with E-state index in [0.717, 1.165) is 0 Å². The molecule has 0 radical (unpaired) electrons. The summed E-state index contributed by atoms with van der Waals surface area (Å²) in [6.45, 7) is -0.0612. The zero-order chi connectivity index (χ0) is 22.5. The van der Waals surface area contributed by atoms with Crippen molar-refractivity contribution in [1.82, 2.24) is 15.0 Å². The molecule has 0 amide bonds. The van der Waals surface area contributed by atoms with Gasteiger partial charge in [0.15, 0.2) is 16.4 Å². The molecule has 0 bridgehead atoms. The standard InChI is InChI=1S/C19H18F3N5O3S/c1-2-31(28,29)13-6-7-15(30-11-19(20,21)22)14(9-13)26-17-10-18(25-12-24-17)27-16-5-3-4-8-23-16/h3-10,12H,2,11H2,1H3,(H2,23,24,25,26,27). The number of hydrogen-bond acceptors (Lipinski definition) is 8. The van der Waals surface area contributed by atoms with Crippen LogP contribution in [0.5, 0.6) is 5.75 Å². The fourth-order valence-electron chi connectivity index (χ4n) is 2.45. The summed E-state index contributed by atoms with van der Waals surface area (Å²) in [5.41, 5.74) is 0.0151. The minimum atomic E-state index is -4.56. The number of rotatable bonds is 8. The average molecular weight is 453 g/mol. The van der Waals surface area contributed by atoms with E-state index in [2.05, 4.69) is 25.6 Å². The summed E-state index contributed by atoms with van der Waals surface area (Å²) in [5, 5.41) is 5.76. The van der Waals surface area contributed by atoms with Gasteiger partial charge in [-0.1, -0.05) is 13.0 Å². The van der Waals surface area contributed by atoms with Crippen molar-refractivity contribution in [3.63, 3.8) is 0 Å². The van der Waals surface area contributed by atoms with Gasteiger partial charge in [-0.25, -0.2) is 23.4 Å². The Morgan fingerprint density at radius 3 is 2.35 bits per heavy atom. The van der Waals surface area contributed by atoms with Crippen molar-refractivity contribution in [1.29, 1.82) is 0 Å². The van der Waals surface area contributed by atoms with Gasteiger partial charge in [0.1, 0.15) is 29.5 Å². The average Bonchev–Trinajstić information content (AvgIpc) is 2.73. The number of halogens is 3. The van der Waals surface area contributed by atoms with Crippen molar-refractivity contribution >= 4 is 33.0 Å². The van der Waals surface area contributed by atoms with E-state index in [1.807, 2.05) is 0 Å². The van der Waals surface area contributed by atoms with Gasteiger partial charge in [-0.3, -0.25) is 0 Å². The Bertz CT molecular complexity index is 1140. The number of pyridine rings is 1. The molecule has 0 fully saturated rings. The first kappa shape index (κ1) is 22.3. The maximum Gasteiger partial charge on any atom is 0.422 e. The number of aromatic nitrogens is 3. The van der Waals surface area contributed by atoms with Crippen LogP contribution in [0.25, 0.3) is 0 Å². The quantitative estimate of drug-likeness (QED) is 0.525. The first-order chi connectivity index (χ1) is 14.7. The highest BCUT2D eigenvalue weighted by Gasteiger charge is 2.29. The number of sulfone groups is 1. The molecular formula is C19H18F3N5O3S. The topological polar surface area (TPSA) is 106 Å². The number of ether oxygens (including phenoxy) is 1. The van der Waals surface area contributed by atoms with Gasteiger partial charge >= 0.3 is 6.18 Å². The lowest BCUT2D eigenvalue weighted by Gasteiger charge is -2.16. The first-order valence-corrected chi connectivity index (χ1v) is 10.6. The highest BCUT2D eigenvalue weighted by atomic mass is 32.2. The van der Waals surface area contributed by atoms with E-state index in [4.69, 9.17) is 4.74 Å². The Balaban J connectivity index is 1.90. The number of hydrogen-bond donors (Lipinski definition) is 2. The van der Waals surface area contributed by atoms with Crippen LogP contribution < -0.4 is 15.4 Å². The summed E-state index contributed by atoms with van der Waals surface area (Å²) in [6.07, 6.45) is -1.73. The summed E-state index contributed by atoms with van der Waals surface area (Å²) in [6, 6.07) is 10.3. The second-order valence-electron chi connectivity index (χ2n) is 6.22. The predicted molar refractivity (Wildman–Crippen MR) is 109 cm³/mol. The van der Waals surface area contributed by atoms with Crippen LogP contribution in [0.4, 0.5) is 36.3 Å². The van der Waals surface area contributed by atoms with Crippen molar-refractivity contribution in [2.75, 3.05) is 23.0 Å². The van der Waals surface area contributed by atoms with Crippen molar-refractivity contribution in [3.8, 4) is 5.75 Å². The summed E-state index contributed by atoms with van der Waals surface area (Å²) in [4.78, 5) is 12.1. The van der Waals surface area contributed by atoms with Gasteiger partial charge in [0.25, 0.3) is 0 Å². The van der Waals surface area contributed by atoms with E-state index in [1.165, 1.54) is 37.5 Å². The smallest absolute Gasteiger partial charge is 0.422 e. The molecule has 2 N–H and O–H groups in total. The predicted octanol–water partition coefficient (Wildman–Crippen LogP) is 4.09. The number of nitrogens with zero attached hydrogens (tertiary/aromatic N) is 3. The fourth-order valence-corrected chi connectivity index (χ4v) is 3.36. The highest BCUT2D eigenvalue weighted by molar-refractivity contribution is 7.91. The molecule has 164 valence electrons. The van der Waals surface area contributed by atoms with Crippen LogP contribution in [-0.4, -0.2) is 41.9 Å². The molecular weight excluding hydrogens is 435 g/mol. The molecule has 0 unspecified atom stereocenters. The lowest BCUT2D eigenvalue weighted by atomic mass is 10.3. The first-order valence-electron chi connectivity index (χ1n) is 9.00. The van der Waals surface area contributed by atoms with Gasteiger partial charge < -0.3 is 15.4 Å². The summed E-state index contributed by atoms with van der Waals surface area (Å²) in [5.74, 6) is 0.756. The van der Waals surface area contributed by atoms with Crippen molar-refractivity contribution in [2.45, 2.75) is 18.0 Å². The molecule has 2 heterocycles. The highest BCUT2D eigenvalue weighted by Crippen LogP contribution is 2.32. The minimum absolute atomic E-state index is 0.0151. The summed E-state index contributed by atoms with van der Waals surface area (Å²) < 4.78 is 67.1. The van der Waals surface area contributed by atoms with Gasteiger partial charge in [-0.15, -0.1) is 0 Å². The Labute approximate surface area is 176 Å². The van der Waals surface area contributed by atoms with Crippen LogP contribution in [-0.2, 0) is 9.84 Å². The van der Waals surface area contributed by atoms with E-state index in [9.17, 15) is 21.6 Å². The maximum atomic E-state index is 12.6. The van der Waals surface area contributed by atoms with Crippen LogP contribution >= 0.6 is 0 Å². The third-order valence-corrected chi connectivity index (χ3v) is 5.66. The van der Waals surface area contributed by atoms with Gasteiger partial charge in [-0.2, -0.15) is 13.2 Å². The molecule has 0 saturated heterocycles. The SMILES string of the molecule is CCS(=O)(=O)c1ccc(OCC(F)(F)F)c(Nc2cc(Nc3ccccn3)ncn2)c1. The van der Waals surface area contributed by atoms with Crippen LogP contribution in [0.15, 0.2) is 59.9 Å². The van der Waals surface area contributed by atoms with E-state index < -0.39 is 22.6 Å². The third kappa shape index (κ3) is 6.28. The molecule has 0 aliphatic rings. The number of alkyl halides is 3. The third-order valence-electron chi connectivity index (χ3n) is 3.93. The number of benzene rings is 1. The Morgan fingerprint density at radius 2 is 1.71 bits per heavy atom. The molecule has 12 heteroatoms. The molecule has 0 saturated carbocycles. The molecule has 0 aliphatic carbocycles. The molecule has 0 aliphatic heterocycles. The van der Waals surface area contributed by atoms with Gasteiger partial charge in [0.05, 0.1) is 16.3 Å². The minimum Gasteiger partial charge on any atom is -0.482 e. The van der Waals surface area contributed by atoms with E-state index >= 15 is 0 Å².